The number of benzene rings is 2. The molecule has 4 rings (SSSR count). The van der Waals surface area contributed by atoms with Gasteiger partial charge in [0.25, 0.3) is 5.91 Å². The Morgan fingerprint density at radius 3 is 2.58 bits per heavy atom. The first-order valence-corrected chi connectivity index (χ1v) is 7.98. The number of nitrogens with zero attached hydrogens (tertiary/aromatic N) is 1. The number of carbonyl (C=O) groups is 1. The number of nitrogens with one attached hydrogen (secondary N) is 1. The van der Waals surface area contributed by atoms with E-state index in [1.165, 1.54) is 5.56 Å². The van der Waals surface area contributed by atoms with Crippen LogP contribution < -0.4 is 5.32 Å². The molecule has 0 spiro atoms. The molecule has 1 aliphatic rings. The number of hydrogen-bond acceptors (Lipinski definition) is 3. The van der Waals surface area contributed by atoms with E-state index >= 15 is 0 Å². The van der Waals surface area contributed by atoms with Crippen molar-refractivity contribution in [2.75, 3.05) is 5.32 Å². The van der Waals surface area contributed by atoms with Crippen LogP contribution in [0.3, 0.4) is 0 Å². The largest absolute Gasteiger partial charge is 0.465 e. The zero-order chi connectivity index (χ0) is 16.5. The van der Waals surface area contributed by atoms with Crippen LogP contribution in [0, 0.1) is 6.92 Å². The number of aryl methyl sites for hydroxylation is 1. The van der Waals surface area contributed by atoms with Crippen LogP contribution in [0.25, 0.3) is 0 Å². The predicted octanol–water partition coefficient (Wildman–Crippen LogP) is 4.35. The summed E-state index contributed by atoms with van der Waals surface area (Å²) in [6.07, 6.45) is 1.31. The number of hydrogen-bond donors (Lipinski definition) is 1. The number of carbonyl (C=O) groups excluding carboxylic acids is 1. The van der Waals surface area contributed by atoms with Gasteiger partial charge < -0.3 is 14.6 Å². The van der Waals surface area contributed by atoms with Crippen LogP contribution in [-0.2, 0) is 6.54 Å². The van der Waals surface area contributed by atoms with Crippen molar-refractivity contribution in [2.45, 2.75) is 19.6 Å². The normalized spacial score (nSPS) is 16.6. The molecule has 0 aliphatic carbocycles. The molecule has 0 saturated heterocycles. The summed E-state index contributed by atoms with van der Waals surface area (Å²) < 4.78 is 5.57. The van der Waals surface area contributed by atoms with Crippen LogP contribution in [0.15, 0.2) is 71.3 Å². The Balaban J connectivity index is 1.73. The monoisotopic (exact) mass is 318 g/mol. The van der Waals surface area contributed by atoms with E-state index in [2.05, 4.69) is 36.5 Å². The maximum Gasteiger partial charge on any atom is 0.258 e. The van der Waals surface area contributed by atoms with Gasteiger partial charge in [-0.3, -0.25) is 4.79 Å². The van der Waals surface area contributed by atoms with Crippen LogP contribution in [0.2, 0.25) is 0 Å². The van der Waals surface area contributed by atoms with Crippen molar-refractivity contribution in [2.24, 2.45) is 0 Å². The maximum absolute atomic E-state index is 13.0. The second-order valence-electron chi connectivity index (χ2n) is 6.03. The van der Waals surface area contributed by atoms with Crippen molar-refractivity contribution >= 4 is 11.6 Å². The number of rotatable bonds is 3. The molecular weight excluding hydrogens is 300 g/mol. The van der Waals surface area contributed by atoms with E-state index in [0.717, 1.165) is 17.0 Å². The van der Waals surface area contributed by atoms with Crippen LogP contribution in [0.5, 0.6) is 0 Å². The van der Waals surface area contributed by atoms with E-state index in [1.54, 1.807) is 6.26 Å². The highest BCUT2D eigenvalue weighted by atomic mass is 16.3. The summed E-state index contributed by atoms with van der Waals surface area (Å²) in [4.78, 5) is 14.8. The smallest absolute Gasteiger partial charge is 0.258 e. The molecule has 1 amide bonds. The Labute approximate surface area is 140 Å². The third-order valence-electron chi connectivity index (χ3n) is 4.31. The first kappa shape index (κ1) is 14.6. The topological polar surface area (TPSA) is 45.5 Å². The summed E-state index contributed by atoms with van der Waals surface area (Å²) in [7, 11) is 0. The van der Waals surface area contributed by atoms with Crippen molar-refractivity contribution < 1.29 is 9.21 Å². The highest BCUT2D eigenvalue weighted by molar-refractivity contribution is 6.01. The molecule has 2 heterocycles. The SMILES string of the molecule is Cc1ccc(CN2C(=O)c3ccccc3N[C@@H]2c2ccco2)cc1. The first-order chi connectivity index (χ1) is 11.7. The van der Waals surface area contributed by atoms with Gasteiger partial charge in [-0.1, -0.05) is 42.0 Å². The van der Waals surface area contributed by atoms with Gasteiger partial charge in [-0.25, -0.2) is 0 Å². The molecule has 0 saturated carbocycles. The summed E-state index contributed by atoms with van der Waals surface area (Å²) in [6, 6.07) is 19.6. The lowest BCUT2D eigenvalue weighted by atomic mass is 10.0. The second kappa shape index (κ2) is 5.89. The van der Waals surface area contributed by atoms with Gasteiger partial charge in [-0.05, 0) is 36.8 Å². The van der Waals surface area contributed by atoms with Crippen LogP contribution in [0.1, 0.15) is 33.4 Å². The summed E-state index contributed by atoms with van der Waals surface area (Å²) in [5, 5.41) is 3.42. The van der Waals surface area contributed by atoms with Gasteiger partial charge in [-0.15, -0.1) is 0 Å². The van der Waals surface area contributed by atoms with Gasteiger partial charge in [0, 0.05) is 12.2 Å². The van der Waals surface area contributed by atoms with E-state index < -0.39 is 0 Å². The Bertz CT molecular complexity index is 854. The summed E-state index contributed by atoms with van der Waals surface area (Å²) in [5.41, 5.74) is 3.82. The van der Waals surface area contributed by atoms with Gasteiger partial charge >= 0.3 is 0 Å². The lowest BCUT2D eigenvalue weighted by molar-refractivity contribution is 0.0645. The van der Waals surface area contributed by atoms with Gasteiger partial charge in [0.1, 0.15) is 5.76 Å². The van der Waals surface area contributed by atoms with Gasteiger partial charge in [-0.2, -0.15) is 0 Å². The second-order valence-corrected chi connectivity index (χ2v) is 6.03. The molecule has 1 N–H and O–H groups in total. The Kier molecular flexibility index (Phi) is 3.58. The zero-order valence-electron chi connectivity index (χ0n) is 13.4. The Morgan fingerprint density at radius 2 is 1.83 bits per heavy atom. The van der Waals surface area contributed by atoms with Crippen molar-refractivity contribution in [3.8, 4) is 0 Å². The van der Waals surface area contributed by atoms with Crippen LogP contribution >= 0.6 is 0 Å². The number of fused-ring (bicyclic) bond motifs is 1. The lowest BCUT2D eigenvalue weighted by Gasteiger charge is -2.36. The summed E-state index contributed by atoms with van der Waals surface area (Å²) in [6.45, 7) is 2.57. The Hall–Kier alpha value is -3.01. The van der Waals surface area contributed by atoms with Crippen molar-refractivity contribution in [3.05, 3.63) is 89.4 Å². The molecule has 0 bridgehead atoms. The number of anilines is 1. The molecule has 1 aliphatic heterocycles. The molecule has 1 aromatic heterocycles. The standard InChI is InChI=1S/C20H18N2O2/c1-14-8-10-15(11-9-14)13-22-19(18-7-4-12-24-18)21-17-6-3-2-5-16(17)20(22)23/h2-12,19,21H,13H2,1H3/t19-/m0/s1. The average molecular weight is 318 g/mol. The molecule has 24 heavy (non-hydrogen) atoms. The minimum absolute atomic E-state index is 0.00586. The van der Waals surface area contributed by atoms with E-state index in [1.807, 2.05) is 41.3 Å². The maximum atomic E-state index is 13.0. The molecule has 4 nitrogen and oxygen atoms in total. The Morgan fingerprint density at radius 1 is 1.04 bits per heavy atom. The molecule has 4 heteroatoms. The molecule has 120 valence electrons. The van der Waals surface area contributed by atoms with E-state index in [-0.39, 0.29) is 12.1 Å². The van der Waals surface area contributed by atoms with Crippen LogP contribution in [-0.4, -0.2) is 10.8 Å². The summed E-state index contributed by atoms with van der Waals surface area (Å²) in [5.74, 6) is 0.733. The lowest BCUT2D eigenvalue weighted by Crippen LogP contribution is -2.42. The summed E-state index contributed by atoms with van der Waals surface area (Å²) >= 11 is 0. The number of furan rings is 1. The fourth-order valence-electron chi connectivity index (χ4n) is 3.02. The van der Waals surface area contributed by atoms with Crippen molar-refractivity contribution in [1.29, 1.82) is 0 Å². The minimum Gasteiger partial charge on any atom is -0.465 e. The predicted molar refractivity (Wildman–Crippen MR) is 92.6 cm³/mol. The first-order valence-electron chi connectivity index (χ1n) is 7.98. The molecule has 1 atom stereocenters. The zero-order valence-corrected chi connectivity index (χ0v) is 13.4. The van der Waals surface area contributed by atoms with Crippen molar-refractivity contribution in [3.63, 3.8) is 0 Å². The molecular formula is C20H18N2O2. The fraction of sp³-hybridized carbons (Fsp3) is 0.150. The quantitative estimate of drug-likeness (QED) is 0.780. The highest BCUT2D eigenvalue weighted by Gasteiger charge is 2.34. The average Bonchev–Trinajstić information content (AvgIpc) is 3.13. The fourth-order valence-corrected chi connectivity index (χ4v) is 3.02. The van der Waals surface area contributed by atoms with Crippen molar-refractivity contribution in [1.82, 2.24) is 4.90 Å². The minimum atomic E-state index is -0.316. The van der Waals surface area contributed by atoms with Crippen LogP contribution in [0.4, 0.5) is 5.69 Å². The third kappa shape index (κ3) is 2.56. The third-order valence-corrected chi connectivity index (χ3v) is 4.31. The van der Waals surface area contributed by atoms with E-state index in [4.69, 9.17) is 4.42 Å². The number of para-hydroxylation sites is 1. The van der Waals surface area contributed by atoms with Gasteiger partial charge in [0.15, 0.2) is 6.17 Å². The molecule has 0 radical (unpaired) electrons. The molecule has 2 aromatic carbocycles. The van der Waals surface area contributed by atoms with Gasteiger partial charge in [0.05, 0.1) is 11.8 Å². The van der Waals surface area contributed by atoms with E-state index in [0.29, 0.717) is 12.1 Å². The molecule has 0 unspecified atom stereocenters. The molecule has 3 aromatic rings. The highest BCUT2D eigenvalue weighted by Crippen LogP contribution is 2.34. The molecule has 0 fully saturated rings. The van der Waals surface area contributed by atoms with E-state index in [9.17, 15) is 4.79 Å². The van der Waals surface area contributed by atoms with Gasteiger partial charge in [0.2, 0.25) is 0 Å². The number of amides is 1.